The van der Waals surface area contributed by atoms with Gasteiger partial charge in [0.1, 0.15) is 5.75 Å². The minimum Gasteiger partial charge on any atom is -0.497 e. The van der Waals surface area contributed by atoms with Crippen molar-refractivity contribution in [2.24, 2.45) is 11.3 Å². The normalized spacial score (nSPS) is 24.1. The molecule has 1 saturated heterocycles. The Hall–Kier alpha value is -1.67. The van der Waals surface area contributed by atoms with Crippen LogP contribution in [0.5, 0.6) is 5.75 Å². The fourth-order valence-electron chi connectivity index (χ4n) is 7.09. The van der Waals surface area contributed by atoms with E-state index < -0.39 is 11.6 Å². The number of methoxy groups -OCH3 is 1. The van der Waals surface area contributed by atoms with E-state index in [1.165, 1.54) is 25.0 Å². The number of benzene rings is 2. The molecule has 244 valence electrons. The van der Waals surface area contributed by atoms with Crippen LogP contribution in [0.3, 0.4) is 0 Å². The van der Waals surface area contributed by atoms with Crippen molar-refractivity contribution in [3.05, 3.63) is 59.7 Å². The molecular formula is C34H51Cl2F3N2O2. The lowest BCUT2D eigenvalue weighted by atomic mass is 9.67. The molecule has 0 spiro atoms. The average Bonchev–Trinajstić information content (AvgIpc) is 2.91. The van der Waals surface area contributed by atoms with Crippen molar-refractivity contribution in [2.75, 3.05) is 39.1 Å². The van der Waals surface area contributed by atoms with E-state index in [9.17, 15) is 13.2 Å². The van der Waals surface area contributed by atoms with E-state index in [-0.39, 0.29) is 42.4 Å². The molecule has 1 aliphatic carbocycles. The van der Waals surface area contributed by atoms with Gasteiger partial charge in [-0.2, -0.15) is 13.2 Å². The highest BCUT2D eigenvalue weighted by Gasteiger charge is 2.49. The molecule has 1 aliphatic heterocycles. The molecule has 2 aliphatic rings. The molecule has 4 rings (SSSR count). The van der Waals surface area contributed by atoms with Crippen molar-refractivity contribution < 1.29 is 22.6 Å². The monoisotopic (exact) mass is 646 g/mol. The van der Waals surface area contributed by atoms with E-state index in [4.69, 9.17) is 15.2 Å². The predicted octanol–water partition coefficient (Wildman–Crippen LogP) is 9.20. The number of alkyl halides is 3. The lowest BCUT2D eigenvalue weighted by Crippen LogP contribution is -2.49. The average molecular weight is 648 g/mol. The summed E-state index contributed by atoms with van der Waals surface area (Å²) in [5, 5.41) is 0. The third kappa shape index (κ3) is 9.66. The summed E-state index contributed by atoms with van der Waals surface area (Å²) in [5.41, 5.74) is 6.93. The highest BCUT2D eigenvalue weighted by atomic mass is 35.5. The molecule has 2 aromatic rings. The Morgan fingerprint density at radius 2 is 1.56 bits per heavy atom. The Bertz CT molecular complexity index is 1120. The van der Waals surface area contributed by atoms with Crippen molar-refractivity contribution in [1.82, 2.24) is 4.90 Å². The van der Waals surface area contributed by atoms with Gasteiger partial charge < -0.3 is 20.1 Å². The van der Waals surface area contributed by atoms with E-state index in [2.05, 4.69) is 43.0 Å². The first-order valence-corrected chi connectivity index (χ1v) is 15.1. The molecule has 0 amide bonds. The SMILES string of the molecule is COc1ccc([C@]2(CCN(CC3CCC(c4ccc(N)cc4)CC3)CC(C)(C)C(F)(F)F)CCOC(C)(C)C2)cc1.Cl.Cl. The molecule has 2 aromatic carbocycles. The Morgan fingerprint density at radius 1 is 0.953 bits per heavy atom. The third-order valence-electron chi connectivity index (χ3n) is 9.60. The molecule has 0 aromatic heterocycles. The number of hydrogen-bond donors (Lipinski definition) is 1. The van der Waals surface area contributed by atoms with Gasteiger partial charge in [0.25, 0.3) is 0 Å². The number of nitrogens with zero attached hydrogens (tertiary/aromatic N) is 1. The van der Waals surface area contributed by atoms with Crippen molar-refractivity contribution in [3.8, 4) is 5.75 Å². The number of hydrogen-bond acceptors (Lipinski definition) is 4. The molecule has 0 radical (unpaired) electrons. The maximum Gasteiger partial charge on any atom is 0.395 e. The van der Waals surface area contributed by atoms with Crippen LogP contribution in [0.15, 0.2) is 48.5 Å². The van der Waals surface area contributed by atoms with Gasteiger partial charge in [-0.25, -0.2) is 0 Å². The lowest BCUT2D eigenvalue weighted by Gasteiger charge is -2.47. The van der Waals surface area contributed by atoms with Gasteiger partial charge in [-0.15, -0.1) is 24.8 Å². The molecule has 2 fully saturated rings. The second-order valence-corrected chi connectivity index (χ2v) is 13.8. The number of nitrogens with two attached hydrogens (primary N) is 1. The quantitative estimate of drug-likeness (QED) is 0.261. The van der Waals surface area contributed by atoms with Crippen LogP contribution in [0, 0.1) is 11.3 Å². The molecule has 9 heteroatoms. The molecule has 4 nitrogen and oxygen atoms in total. The van der Waals surface area contributed by atoms with Gasteiger partial charge in [0.2, 0.25) is 0 Å². The van der Waals surface area contributed by atoms with Crippen LogP contribution in [0.4, 0.5) is 18.9 Å². The number of nitrogen functional groups attached to an aromatic ring is 1. The lowest BCUT2D eigenvalue weighted by molar-refractivity contribution is -0.217. The van der Waals surface area contributed by atoms with Gasteiger partial charge in [-0.05, 0) is 126 Å². The first kappa shape index (κ1) is 37.5. The van der Waals surface area contributed by atoms with Gasteiger partial charge in [0, 0.05) is 30.8 Å². The van der Waals surface area contributed by atoms with Crippen LogP contribution >= 0.6 is 24.8 Å². The van der Waals surface area contributed by atoms with Gasteiger partial charge in [0.15, 0.2) is 0 Å². The van der Waals surface area contributed by atoms with Gasteiger partial charge >= 0.3 is 6.18 Å². The van der Waals surface area contributed by atoms with Crippen LogP contribution in [0.25, 0.3) is 0 Å². The van der Waals surface area contributed by atoms with Gasteiger partial charge in [-0.3, -0.25) is 0 Å². The number of halogens is 5. The Kier molecular flexibility index (Phi) is 13.2. The van der Waals surface area contributed by atoms with Gasteiger partial charge in [0.05, 0.1) is 18.1 Å². The maximum atomic E-state index is 14.1. The number of ether oxygens (including phenoxy) is 2. The summed E-state index contributed by atoms with van der Waals surface area (Å²) < 4.78 is 53.7. The smallest absolute Gasteiger partial charge is 0.395 e. The zero-order valence-electron chi connectivity index (χ0n) is 26.3. The molecule has 1 saturated carbocycles. The minimum absolute atomic E-state index is 0. The molecule has 1 atom stereocenters. The van der Waals surface area contributed by atoms with E-state index in [1.54, 1.807) is 7.11 Å². The fraction of sp³-hybridized carbons (Fsp3) is 0.647. The molecule has 1 heterocycles. The van der Waals surface area contributed by atoms with Crippen LogP contribution in [0.1, 0.15) is 89.7 Å². The highest BCUT2D eigenvalue weighted by molar-refractivity contribution is 5.85. The maximum absolute atomic E-state index is 14.1. The van der Waals surface area contributed by atoms with Gasteiger partial charge in [-0.1, -0.05) is 24.3 Å². The molecular weight excluding hydrogens is 596 g/mol. The first-order valence-electron chi connectivity index (χ1n) is 15.1. The number of anilines is 1. The summed E-state index contributed by atoms with van der Waals surface area (Å²) in [6.07, 6.45) is 2.40. The molecule has 0 bridgehead atoms. The summed E-state index contributed by atoms with van der Waals surface area (Å²) in [5.74, 6) is 1.69. The van der Waals surface area contributed by atoms with E-state index >= 15 is 0 Å². The minimum atomic E-state index is -4.26. The Balaban J connectivity index is 0.00000323. The third-order valence-corrected chi connectivity index (χ3v) is 9.60. The van der Waals surface area contributed by atoms with E-state index in [1.807, 2.05) is 24.3 Å². The summed E-state index contributed by atoms with van der Waals surface area (Å²) in [6.45, 7) is 8.90. The summed E-state index contributed by atoms with van der Waals surface area (Å²) in [6, 6.07) is 16.4. The van der Waals surface area contributed by atoms with Crippen molar-refractivity contribution in [3.63, 3.8) is 0 Å². The first-order chi connectivity index (χ1) is 19.2. The van der Waals surface area contributed by atoms with Crippen LogP contribution in [-0.2, 0) is 10.2 Å². The van der Waals surface area contributed by atoms with E-state index in [0.717, 1.165) is 56.4 Å². The molecule has 0 unspecified atom stereocenters. The highest BCUT2D eigenvalue weighted by Crippen LogP contribution is 2.46. The largest absolute Gasteiger partial charge is 0.497 e. The van der Waals surface area contributed by atoms with Crippen LogP contribution in [-0.4, -0.2) is 50.0 Å². The van der Waals surface area contributed by atoms with E-state index in [0.29, 0.717) is 31.5 Å². The fourth-order valence-corrected chi connectivity index (χ4v) is 7.09. The second-order valence-electron chi connectivity index (χ2n) is 13.8. The summed E-state index contributed by atoms with van der Waals surface area (Å²) in [7, 11) is 1.66. The topological polar surface area (TPSA) is 47.7 Å². The summed E-state index contributed by atoms with van der Waals surface area (Å²) in [4.78, 5) is 2.12. The zero-order chi connectivity index (χ0) is 29.9. The van der Waals surface area contributed by atoms with Crippen LogP contribution in [0.2, 0.25) is 0 Å². The number of rotatable bonds is 10. The zero-order valence-corrected chi connectivity index (χ0v) is 28.0. The summed E-state index contributed by atoms with van der Waals surface area (Å²) >= 11 is 0. The standard InChI is InChI=1S/C34H49F3N2O2.2ClH/c1-31(2,34(35,36)37)24-39(22-25-6-8-26(9-7-25)27-10-14-29(38)15-11-27)20-18-33(19-21-41-32(3,4)23-33)28-12-16-30(40-5)17-13-28;;/h10-17,25-26H,6-9,18-24,38H2,1-5H3;2*1H/t25?,26?,33-;;/m1../s1. The van der Waals surface area contributed by atoms with Crippen LogP contribution < -0.4 is 10.5 Å². The Morgan fingerprint density at radius 3 is 2.09 bits per heavy atom. The molecule has 43 heavy (non-hydrogen) atoms. The second kappa shape index (κ2) is 15.1. The van der Waals surface area contributed by atoms with Crippen molar-refractivity contribution in [2.45, 2.75) is 95.8 Å². The molecule has 2 N–H and O–H groups in total. The van der Waals surface area contributed by atoms with Crippen molar-refractivity contribution >= 4 is 30.5 Å². The Labute approximate surface area is 269 Å². The predicted molar refractivity (Wildman–Crippen MR) is 175 cm³/mol. The van der Waals surface area contributed by atoms with Crippen molar-refractivity contribution in [1.29, 1.82) is 0 Å².